The van der Waals surface area contributed by atoms with Crippen LogP contribution in [-0.2, 0) is 16.0 Å². The second kappa shape index (κ2) is 9.47. The third-order valence-corrected chi connectivity index (χ3v) is 5.65. The van der Waals surface area contributed by atoms with E-state index in [1.807, 2.05) is 6.92 Å². The number of aromatic nitrogens is 5. The van der Waals surface area contributed by atoms with Crippen LogP contribution in [0, 0.1) is 6.92 Å². The number of rotatable bonds is 6. The topological polar surface area (TPSA) is 106 Å². The maximum Gasteiger partial charge on any atom is 0.306 e. The number of carbonyl (C=O) groups is 2. The lowest BCUT2D eigenvalue weighted by molar-refractivity contribution is -0.143. The SMILES string of the molecule is CCOC(=O)CCc1c(C)nc2ncnn2c1N1CCN(C(=O)c2ccc(Cl)nc2)CC1. The Morgan fingerprint density at radius 1 is 1.16 bits per heavy atom. The summed E-state index contributed by atoms with van der Waals surface area (Å²) in [5.74, 6) is 1.04. The molecule has 1 aliphatic rings. The number of esters is 1. The number of piperazine rings is 1. The molecule has 4 heterocycles. The highest BCUT2D eigenvalue weighted by atomic mass is 35.5. The van der Waals surface area contributed by atoms with Gasteiger partial charge in [0.15, 0.2) is 0 Å². The van der Waals surface area contributed by atoms with Crippen LogP contribution >= 0.6 is 11.6 Å². The largest absolute Gasteiger partial charge is 0.466 e. The molecule has 32 heavy (non-hydrogen) atoms. The Labute approximate surface area is 190 Å². The van der Waals surface area contributed by atoms with Gasteiger partial charge in [0.1, 0.15) is 17.3 Å². The smallest absolute Gasteiger partial charge is 0.306 e. The molecule has 3 aromatic heterocycles. The monoisotopic (exact) mass is 457 g/mol. The van der Waals surface area contributed by atoms with Crippen LogP contribution in [0.2, 0.25) is 5.15 Å². The minimum atomic E-state index is -0.247. The number of hydrogen-bond donors (Lipinski definition) is 0. The average molecular weight is 458 g/mol. The second-order valence-electron chi connectivity index (χ2n) is 7.43. The summed E-state index contributed by atoms with van der Waals surface area (Å²) in [5.41, 5.74) is 2.24. The van der Waals surface area contributed by atoms with E-state index in [-0.39, 0.29) is 18.3 Å². The van der Waals surface area contributed by atoms with Gasteiger partial charge >= 0.3 is 5.97 Å². The van der Waals surface area contributed by atoms with E-state index >= 15 is 0 Å². The van der Waals surface area contributed by atoms with Crippen LogP contribution in [0.25, 0.3) is 5.78 Å². The number of aryl methyl sites for hydroxylation is 1. The number of hydrogen-bond acceptors (Lipinski definition) is 8. The Balaban J connectivity index is 1.55. The second-order valence-corrected chi connectivity index (χ2v) is 7.81. The van der Waals surface area contributed by atoms with Gasteiger partial charge in [-0.25, -0.2) is 9.97 Å². The Kier molecular flexibility index (Phi) is 6.50. The molecular weight excluding hydrogens is 434 g/mol. The van der Waals surface area contributed by atoms with Gasteiger partial charge in [0.25, 0.3) is 11.7 Å². The minimum Gasteiger partial charge on any atom is -0.466 e. The lowest BCUT2D eigenvalue weighted by atomic mass is 10.1. The third-order valence-electron chi connectivity index (χ3n) is 5.43. The number of amides is 1. The standard InChI is InChI=1S/C21H24ClN7O3/c1-3-32-18(30)7-5-16-14(2)26-21-24-13-25-29(21)19(16)27-8-10-28(11-9-27)20(31)15-4-6-17(22)23-12-15/h4,6,12-13H,3,5,7-11H2,1-2H3. The summed E-state index contributed by atoms with van der Waals surface area (Å²) in [5, 5.41) is 4.71. The van der Waals surface area contributed by atoms with Crippen LogP contribution in [0.5, 0.6) is 0 Å². The molecule has 0 bridgehead atoms. The van der Waals surface area contributed by atoms with Gasteiger partial charge in [-0.3, -0.25) is 9.59 Å². The molecule has 0 saturated carbocycles. The number of anilines is 1. The molecule has 1 aliphatic heterocycles. The lowest BCUT2D eigenvalue weighted by Gasteiger charge is -2.37. The number of halogens is 1. The van der Waals surface area contributed by atoms with Gasteiger partial charge in [-0.1, -0.05) is 11.6 Å². The molecule has 0 spiro atoms. The molecule has 3 aromatic rings. The van der Waals surface area contributed by atoms with Gasteiger partial charge in [-0.15, -0.1) is 0 Å². The van der Waals surface area contributed by atoms with Gasteiger partial charge in [0.2, 0.25) is 0 Å². The van der Waals surface area contributed by atoms with Crippen molar-refractivity contribution in [3.05, 3.63) is 46.6 Å². The van der Waals surface area contributed by atoms with Gasteiger partial charge in [0.05, 0.1) is 12.2 Å². The molecule has 0 aromatic carbocycles. The minimum absolute atomic E-state index is 0.0758. The quantitative estimate of drug-likeness (QED) is 0.408. The highest BCUT2D eigenvalue weighted by Gasteiger charge is 2.27. The van der Waals surface area contributed by atoms with E-state index in [1.54, 1.807) is 28.5 Å². The van der Waals surface area contributed by atoms with Crippen LogP contribution in [0.15, 0.2) is 24.7 Å². The third kappa shape index (κ3) is 4.50. The number of fused-ring (bicyclic) bond motifs is 1. The molecule has 0 radical (unpaired) electrons. The molecule has 0 atom stereocenters. The van der Waals surface area contributed by atoms with Crippen molar-refractivity contribution in [1.82, 2.24) is 29.5 Å². The zero-order valence-corrected chi connectivity index (χ0v) is 18.7. The van der Waals surface area contributed by atoms with E-state index in [0.29, 0.717) is 55.7 Å². The normalized spacial score (nSPS) is 14.1. The van der Waals surface area contributed by atoms with Gasteiger partial charge < -0.3 is 14.5 Å². The van der Waals surface area contributed by atoms with Crippen molar-refractivity contribution >= 4 is 35.1 Å². The fourth-order valence-electron chi connectivity index (χ4n) is 3.85. The molecule has 0 unspecified atom stereocenters. The molecule has 0 aliphatic carbocycles. The first-order valence-electron chi connectivity index (χ1n) is 10.5. The highest BCUT2D eigenvalue weighted by Crippen LogP contribution is 2.26. The van der Waals surface area contributed by atoms with E-state index < -0.39 is 0 Å². The van der Waals surface area contributed by atoms with Gasteiger partial charge in [-0.2, -0.15) is 14.6 Å². The average Bonchev–Trinajstić information content (AvgIpc) is 3.25. The summed E-state index contributed by atoms with van der Waals surface area (Å²) in [7, 11) is 0. The number of carbonyl (C=O) groups excluding carboxylic acids is 2. The number of nitrogens with zero attached hydrogens (tertiary/aromatic N) is 7. The molecule has 10 nitrogen and oxygen atoms in total. The molecule has 4 rings (SSSR count). The van der Waals surface area contributed by atoms with Crippen molar-refractivity contribution in [2.24, 2.45) is 0 Å². The van der Waals surface area contributed by atoms with Crippen LogP contribution < -0.4 is 4.90 Å². The van der Waals surface area contributed by atoms with E-state index in [9.17, 15) is 9.59 Å². The molecule has 0 N–H and O–H groups in total. The van der Waals surface area contributed by atoms with Crippen molar-refractivity contribution in [2.45, 2.75) is 26.7 Å². The Morgan fingerprint density at radius 2 is 1.94 bits per heavy atom. The fraction of sp³-hybridized carbons (Fsp3) is 0.429. The summed E-state index contributed by atoms with van der Waals surface area (Å²) >= 11 is 5.83. The van der Waals surface area contributed by atoms with E-state index in [0.717, 1.165) is 17.1 Å². The molecule has 1 fully saturated rings. The first-order chi connectivity index (χ1) is 15.5. The first kappa shape index (κ1) is 21.9. The van der Waals surface area contributed by atoms with Crippen molar-refractivity contribution in [3.63, 3.8) is 0 Å². The predicted octanol–water partition coefficient (Wildman–Crippen LogP) is 1.94. The molecule has 1 amide bonds. The summed E-state index contributed by atoms with van der Waals surface area (Å²) in [6.07, 6.45) is 3.70. The first-order valence-corrected chi connectivity index (χ1v) is 10.9. The zero-order chi connectivity index (χ0) is 22.7. The van der Waals surface area contributed by atoms with E-state index in [1.165, 1.54) is 12.5 Å². The maximum absolute atomic E-state index is 12.8. The molecule has 11 heteroatoms. The van der Waals surface area contributed by atoms with Crippen LogP contribution in [0.3, 0.4) is 0 Å². The number of pyridine rings is 1. The summed E-state index contributed by atoms with van der Waals surface area (Å²) in [4.78, 5) is 41.5. The van der Waals surface area contributed by atoms with Crippen LogP contribution in [0.1, 0.15) is 35.0 Å². The van der Waals surface area contributed by atoms with Crippen molar-refractivity contribution in [1.29, 1.82) is 0 Å². The van der Waals surface area contributed by atoms with Crippen molar-refractivity contribution in [3.8, 4) is 0 Å². The van der Waals surface area contributed by atoms with E-state index in [2.05, 4.69) is 25.0 Å². The van der Waals surface area contributed by atoms with Gasteiger partial charge in [0, 0.05) is 50.1 Å². The van der Waals surface area contributed by atoms with Gasteiger partial charge in [-0.05, 0) is 32.4 Å². The Morgan fingerprint density at radius 3 is 2.62 bits per heavy atom. The maximum atomic E-state index is 12.8. The van der Waals surface area contributed by atoms with Crippen molar-refractivity contribution in [2.75, 3.05) is 37.7 Å². The molecule has 1 saturated heterocycles. The predicted molar refractivity (Wildman–Crippen MR) is 118 cm³/mol. The zero-order valence-electron chi connectivity index (χ0n) is 18.0. The van der Waals surface area contributed by atoms with Crippen LogP contribution in [-0.4, -0.2) is 74.1 Å². The highest BCUT2D eigenvalue weighted by molar-refractivity contribution is 6.29. The summed E-state index contributed by atoms with van der Waals surface area (Å²) in [6.45, 7) is 6.34. The Bertz CT molecular complexity index is 1120. The lowest BCUT2D eigenvalue weighted by Crippen LogP contribution is -2.49. The summed E-state index contributed by atoms with van der Waals surface area (Å²) < 4.78 is 6.79. The fourth-order valence-corrected chi connectivity index (χ4v) is 3.96. The number of ether oxygens (including phenoxy) is 1. The Hall–Kier alpha value is -3.27. The van der Waals surface area contributed by atoms with E-state index in [4.69, 9.17) is 16.3 Å². The summed E-state index contributed by atoms with van der Waals surface area (Å²) in [6, 6.07) is 3.30. The van der Waals surface area contributed by atoms with Crippen LogP contribution in [0.4, 0.5) is 5.82 Å². The molecular formula is C21H24ClN7O3. The van der Waals surface area contributed by atoms with Crippen molar-refractivity contribution < 1.29 is 14.3 Å². The molecule has 168 valence electrons.